The van der Waals surface area contributed by atoms with Crippen LogP contribution in [0.4, 0.5) is 4.39 Å². The predicted molar refractivity (Wildman–Crippen MR) is 110 cm³/mol. The lowest BCUT2D eigenvalue weighted by Crippen LogP contribution is -2.23. The molecule has 156 valence electrons. The highest BCUT2D eigenvalue weighted by atomic mass is 19.1. The molecule has 1 aromatic carbocycles. The number of benzene rings is 1. The van der Waals surface area contributed by atoms with Gasteiger partial charge in [-0.1, -0.05) is 6.07 Å². The molecule has 0 amide bonds. The molecule has 0 saturated heterocycles. The van der Waals surface area contributed by atoms with Gasteiger partial charge < -0.3 is 10.2 Å². The monoisotopic (exact) mass is 409 g/mol. The Kier molecular flexibility index (Phi) is 4.60. The lowest BCUT2D eigenvalue weighted by molar-refractivity contribution is 0.396. The first-order valence-electron chi connectivity index (χ1n) is 10.6. The summed E-state index contributed by atoms with van der Waals surface area (Å²) >= 11 is 0. The topological polar surface area (TPSA) is 91.1 Å². The zero-order chi connectivity index (χ0) is 20.8. The van der Waals surface area contributed by atoms with Gasteiger partial charge in [0.15, 0.2) is 0 Å². The molecule has 2 heterocycles. The summed E-state index contributed by atoms with van der Waals surface area (Å²) in [5, 5.41) is 28.2. The van der Waals surface area contributed by atoms with Gasteiger partial charge >= 0.3 is 0 Å². The lowest BCUT2D eigenvalue weighted by Gasteiger charge is -2.17. The number of nitrogens with zero attached hydrogens (tertiary/aromatic N) is 2. The van der Waals surface area contributed by atoms with E-state index in [4.69, 9.17) is 0 Å². The highest BCUT2D eigenvalue weighted by molar-refractivity contribution is 5.55. The Morgan fingerprint density at radius 1 is 0.933 bits per heavy atom. The molecule has 0 radical (unpaired) electrons. The number of aromatic nitrogens is 3. The highest BCUT2D eigenvalue weighted by Crippen LogP contribution is 2.41. The first-order valence-corrected chi connectivity index (χ1v) is 10.6. The maximum Gasteiger partial charge on any atom is 0.267 e. The lowest BCUT2D eigenvalue weighted by atomic mass is 9.90. The number of hydrogen-bond acceptors (Lipinski definition) is 4. The van der Waals surface area contributed by atoms with Crippen LogP contribution in [0.3, 0.4) is 0 Å². The van der Waals surface area contributed by atoms with E-state index in [1.165, 1.54) is 10.6 Å². The summed E-state index contributed by atoms with van der Waals surface area (Å²) in [6.07, 6.45) is 7.27. The molecule has 3 N–H and O–H groups in total. The van der Waals surface area contributed by atoms with Crippen LogP contribution in [0.25, 0.3) is 5.69 Å². The maximum absolute atomic E-state index is 14.7. The van der Waals surface area contributed by atoms with Crippen molar-refractivity contribution in [3.05, 3.63) is 67.9 Å². The van der Waals surface area contributed by atoms with Gasteiger partial charge in [-0.15, -0.1) is 0 Å². The Labute approximate surface area is 173 Å². The molecule has 0 bridgehead atoms. The summed E-state index contributed by atoms with van der Waals surface area (Å²) in [5.41, 5.74) is 4.81. The number of hydrogen-bond donors (Lipinski definition) is 3. The molecular formula is C23H24FN3O3. The smallest absolute Gasteiger partial charge is 0.267 e. The van der Waals surface area contributed by atoms with Gasteiger partial charge in [0, 0.05) is 23.1 Å². The average Bonchev–Trinajstić information content (AvgIpc) is 3.02. The summed E-state index contributed by atoms with van der Waals surface area (Å²) in [7, 11) is 0. The van der Waals surface area contributed by atoms with Gasteiger partial charge in [0.25, 0.3) is 5.56 Å². The number of aromatic amines is 1. The molecule has 30 heavy (non-hydrogen) atoms. The first-order chi connectivity index (χ1) is 14.5. The van der Waals surface area contributed by atoms with E-state index in [0.29, 0.717) is 30.4 Å². The molecule has 0 spiro atoms. The molecule has 0 unspecified atom stereocenters. The summed E-state index contributed by atoms with van der Waals surface area (Å²) in [4.78, 5) is 12.1. The minimum atomic E-state index is -0.520. The Bertz CT molecular complexity index is 1170. The zero-order valence-electron chi connectivity index (χ0n) is 16.7. The highest BCUT2D eigenvalue weighted by Gasteiger charge is 2.27. The van der Waals surface area contributed by atoms with E-state index in [1.54, 1.807) is 12.1 Å². The zero-order valence-corrected chi connectivity index (χ0v) is 16.7. The second-order valence-corrected chi connectivity index (χ2v) is 8.27. The van der Waals surface area contributed by atoms with E-state index in [2.05, 4.69) is 10.2 Å². The third kappa shape index (κ3) is 3.00. The summed E-state index contributed by atoms with van der Waals surface area (Å²) in [5.74, 6) is -0.691. The summed E-state index contributed by atoms with van der Waals surface area (Å²) in [6, 6.07) is 4.67. The SMILES string of the molecule is O=c1[nH]nc(Cc2ccc(F)c(-n3c(O)c4c(c3O)CCCC4)c2)c2c1CCCC2. The van der Waals surface area contributed by atoms with E-state index in [1.807, 2.05) is 0 Å². The van der Waals surface area contributed by atoms with Crippen molar-refractivity contribution in [2.75, 3.05) is 0 Å². The molecule has 5 rings (SSSR count). The van der Waals surface area contributed by atoms with E-state index in [9.17, 15) is 19.4 Å². The molecule has 0 fully saturated rings. The van der Waals surface area contributed by atoms with Crippen molar-refractivity contribution >= 4 is 0 Å². The van der Waals surface area contributed by atoms with Gasteiger partial charge in [0.1, 0.15) is 5.82 Å². The van der Waals surface area contributed by atoms with E-state index in [0.717, 1.165) is 60.9 Å². The van der Waals surface area contributed by atoms with Crippen LogP contribution in [0.1, 0.15) is 59.2 Å². The number of nitrogens with one attached hydrogen (secondary N) is 1. The van der Waals surface area contributed by atoms with Crippen molar-refractivity contribution in [3.8, 4) is 17.4 Å². The molecule has 7 heteroatoms. The van der Waals surface area contributed by atoms with Crippen LogP contribution in [0.15, 0.2) is 23.0 Å². The number of rotatable bonds is 3. The first kappa shape index (κ1) is 18.9. The van der Waals surface area contributed by atoms with Gasteiger partial charge in [-0.3, -0.25) is 4.79 Å². The van der Waals surface area contributed by atoms with Crippen LogP contribution in [-0.2, 0) is 32.1 Å². The van der Waals surface area contributed by atoms with Crippen molar-refractivity contribution < 1.29 is 14.6 Å². The molecule has 2 aliphatic carbocycles. The average molecular weight is 409 g/mol. The third-order valence-corrected chi connectivity index (χ3v) is 6.44. The maximum atomic E-state index is 14.7. The van der Waals surface area contributed by atoms with Gasteiger partial charge in [-0.2, -0.15) is 5.10 Å². The van der Waals surface area contributed by atoms with Crippen LogP contribution in [0.2, 0.25) is 0 Å². The molecule has 2 aliphatic rings. The molecule has 2 aromatic heterocycles. The molecule has 3 aromatic rings. The van der Waals surface area contributed by atoms with E-state index >= 15 is 0 Å². The fraction of sp³-hybridized carbons (Fsp3) is 0.391. The van der Waals surface area contributed by atoms with Crippen molar-refractivity contribution in [3.63, 3.8) is 0 Å². The minimum absolute atomic E-state index is 0.0854. The van der Waals surface area contributed by atoms with Crippen molar-refractivity contribution in [1.82, 2.24) is 14.8 Å². The van der Waals surface area contributed by atoms with Gasteiger partial charge in [0.2, 0.25) is 11.8 Å². The molecule has 6 nitrogen and oxygen atoms in total. The summed E-state index contributed by atoms with van der Waals surface area (Å²) < 4.78 is 16.0. The second-order valence-electron chi connectivity index (χ2n) is 8.27. The van der Waals surface area contributed by atoms with Gasteiger partial charge in [0.05, 0.1) is 11.4 Å². The van der Waals surface area contributed by atoms with Crippen LogP contribution < -0.4 is 5.56 Å². The number of H-pyrrole nitrogens is 1. The van der Waals surface area contributed by atoms with Crippen LogP contribution in [0, 0.1) is 5.82 Å². The Hall–Kier alpha value is -3.09. The number of aromatic hydroxyl groups is 2. The van der Waals surface area contributed by atoms with Crippen molar-refractivity contribution in [2.45, 2.75) is 57.8 Å². The quantitative estimate of drug-likeness (QED) is 0.618. The molecule has 0 saturated carbocycles. The Balaban J connectivity index is 1.56. The van der Waals surface area contributed by atoms with Crippen LogP contribution >= 0.6 is 0 Å². The fourth-order valence-electron chi connectivity index (χ4n) is 4.90. The van der Waals surface area contributed by atoms with Crippen molar-refractivity contribution in [2.24, 2.45) is 0 Å². The van der Waals surface area contributed by atoms with Crippen LogP contribution in [0.5, 0.6) is 11.8 Å². The largest absolute Gasteiger partial charge is 0.494 e. The Morgan fingerprint density at radius 2 is 1.53 bits per heavy atom. The minimum Gasteiger partial charge on any atom is -0.494 e. The van der Waals surface area contributed by atoms with Gasteiger partial charge in [-0.05, 0) is 74.6 Å². The third-order valence-electron chi connectivity index (χ3n) is 6.44. The summed E-state index contributed by atoms with van der Waals surface area (Å²) in [6.45, 7) is 0. The molecular weight excluding hydrogens is 385 g/mol. The van der Waals surface area contributed by atoms with E-state index < -0.39 is 5.82 Å². The van der Waals surface area contributed by atoms with Crippen molar-refractivity contribution in [1.29, 1.82) is 0 Å². The van der Waals surface area contributed by atoms with E-state index in [-0.39, 0.29) is 23.0 Å². The molecule has 0 aliphatic heterocycles. The molecule has 0 atom stereocenters. The normalized spacial score (nSPS) is 15.6. The predicted octanol–water partition coefficient (Wildman–Crippen LogP) is 3.46. The number of fused-ring (bicyclic) bond motifs is 2. The Morgan fingerprint density at radius 3 is 2.20 bits per heavy atom. The standard InChI is InChI=1S/C23H24FN3O3/c24-18-10-9-13(11-19-14-5-1-2-6-15(14)21(28)26-25-19)12-20(18)27-22(29)16-7-3-4-8-17(16)23(27)30/h9-10,12,29-30H,1-8,11H2,(H,26,28). The van der Waals surface area contributed by atoms with Crippen LogP contribution in [-0.4, -0.2) is 25.0 Å². The fourth-order valence-corrected chi connectivity index (χ4v) is 4.90. The number of halogens is 1. The van der Waals surface area contributed by atoms with Gasteiger partial charge in [-0.25, -0.2) is 14.1 Å². The second kappa shape index (κ2) is 7.31.